The number of hydrogen-bond donors (Lipinski definition) is 2. The lowest BCUT2D eigenvalue weighted by molar-refractivity contribution is 0.100. The van der Waals surface area contributed by atoms with E-state index in [0.29, 0.717) is 23.4 Å². The molecule has 0 fully saturated rings. The van der Waals surface area contributed by atoms with Gasteiger partial charge >= 0.3 is 0 Å². The third-order valence-corrected chi connectivity index (χ3v) is 6.42. The Morgan fingerprint density at radius 1 is 1.26 bits per heavy atom. The van der Waals surface area contributed by atoms with Crippen molar-refractivity contribution in [1.82, 2.24) is 24.6 Å². The Kier molecular flexibility index (Phi) is 5.13. The minimum Gasteiger partial charge on any atom is -0.366 e. The topological polar surface area (TPSA) is 102 Å². The molecule has 4 aromatic rings. The van der Waals surface area contributed by atoms with Crippen molar-refractivity contribution in [3.05, 3.63) is 63.6 Å². The minimum absolute atomic E-state index is 0.441. The molecule has 0 unspecified atom stereocenters. The summed E-state index contributed by atoms with van der Waals surface area (Å²) in [6.45, 7) is 2.52. The molecular formula is C22H23N7OS. The van der Waals surface area contributed by atoms with Gasteiger partial charge in [-0.1, -0.05) is 12.1 Å². The fraction of sp³-hybridized carbons (Fsp3) is 0.273. The van der Waals surface area contributed by atoms with Crippen molar-refractivity contribution >= 4 is 34.0 Å². The van der Waals surface area contributed by atoms with E-state index < -0.39 is 5.91 Å². The number of aromatic nitrogens is 4. The fourth-order valence-corrected chi connectivity index (χ4v) is 4.65. The fourth-order valence-electron chi connectivity index (χ4n) is 4.01. The number of anilines is 1. The van der Waals surface area contributed by atoms with Gasteiger partial charge in [0.15, 0.2) is 0 Å². The molecule has 1 aliphatic heterocycles. The normalized spacial score (nSPS) is 14.4. The van der Waals surface area contributed by atoms with E-state index in [1.165, 1.54) is 4.88 Å². The average Bonchev–Trinajstić information content (AvgIpc) is 3.39. The number of aryl methyl sites for hydroxylation is 1. The van der Waals surface area contributed by atoms with Gasteiger partial charge in [-0.2, -0.15) is 14.8 Å². The lowest BCUT2D eigenvalue weighted by Crippen LogP contribution is -2.19. The SMILES string of the molecule is CN1CCCc2nc(-n3ncc4c(C(N)=O)cccc43)nc(NCc3cccs3)c2C1. The highest BCUT2D eigenvalue weighted by atomic mass is 32.1. The highest BCUT2D eigenvalue weighted by Gasteiger charge is 2.21. The van der Waals surface area contributed by atoms with E-state index in [9.17, 15) is 4.79 Å². The third-order valence-electron chi connectivity index (χ3n) is 5.54. The minimum atomic E-state index is -0.477. The van der Waals surface area contributed by atoms with Crippen LogP contribution in [-0.4, -0.2) is 44.1 Å². The number of carbonyl (C=O) groups is 1. The number of benzene rings is 1. The summed E-state index contributed by atoms with van der Waals surface area (Å²) in [5.74, 6) is 0.847. The van der Waals surface area contributed by atoms with E-state index in [2.05, 4.69) is 33.8 Å². The van der Waals surface area contributed by atoms with Crippen LogP contribution in [0.25, 0.3) is 16.9 Å². The summed E-state index contributed by atoms with van der Waals surface area (Å²) in [6, 6.07) is 9.56. The van der Waals surface area contributed by atoms with Crippen molar-refractivity contribution in [1.29, 1.82) is 0 Å². The third kappa shape index (κ3) is 3.77. The lowest BCUT2D eigenvalue weighted by atomic mass is 10.1. The number of primary amides is 1. The van der Waals surface area contributed by atoms with Crippen LogP contribution in [0, 0.1) is 0 Å². The zero-order valence-electron chi connectivity index (χ0n) is 17.2. The predicted molar refractivity (Wildman–Crippen MR) is 121 cm³/mol. The first kappa shape index (κ1) is 19.7. The van der Waals surface area contributed by atoms with Crippen LogP contribution in [0.1, 0.15) is 32.9 Å². The molecule has 4 heterocycles. The molecule has 3 aromatic heterocycles. The van der Waals surface area contributed by atoms with E-state index in [-0.39, 0.29) is 0 Å². The summed E-state index contributed by atoms with van der Waals surface area (Å²) in [4.78, 5) is 25.1. The lowest BCUT2D eigenvalue weighted by Gasteiger charge is -2.18. The molecule has 0 spiro atoms. The monoisotopic (exact) mass is 433 g/mol. The number of rotatable bonds is 5. The zero-order valence-corrected chi connectivity index (χ0v) is 18.0. The van der Waals surface area contributed by atoms with Crippen LogP contribution in [0.4, 0.5) is 5.82 Å². The van der Waals surface area contributed by atoms with Crippen molar-refractivity contribution in [2.24, 2.45) is 5.73 Å². The van der Waals surface area contributed by atoms with Gasteiger partial charge < -0.3 is 16.0 Å². The summed E-state index contributed by atoms with van der Waals surface area (Å²) in [5.41, 5.74) is 8.91. The second-order valence-corrected chi connectivity index (χ2v) is 8.76. The van der Waals surface area contributed by atoms with Crippen LogP contribution in [0.3, 0.4) is 0 Å². The molecule has 31 heavy (non-hydrogen) atoms. The number of nitrogens with one attached hydrogen (secondary N) is 1. The van der Waals surface area contributed by atoms with Crippen LogP contribution in [0.15, 0.2) is 41.9 Å². The Morgan fingerprint density at radius 3 is 2.97 bits per heavy atom. The van der Waals surface area contributed by atoms with Gasteiger partial charge in [-0.05, 0) is 50.0 Å². The Hall–Kier alpha value is -3.30. The van der Waals surface area contributed by atoms with E-state index in [1.807, 2.05) is 12.1 Å². The van der Waals surface area contributed by atoms with E-state index in [0.717, 1.165) is 48.5 Å². The van der Waals surface area contributed by atoms with Gasteiger partial charge in [0.2, 0.25) is 5.91 Å². The number of nitrogens with zero attached hydrogens (tertiary/aromatic N) is 5. The molecule has 158 valence electrons. The van der Waals surface area contributed by atoms with E-state index >= 15 is 0 Å². The highest BCUT2D eigenvalue weighted by Crippen LogP contribution is 2.27. The molecule has 8 nitrogen and oxygen atoms in total. The maximum atomic E-state index is 11.8. The summed E-state index contributed by atoms with van der Waals surface area (Å²) < 4.78 is 1.69. The van der Waals surface area contributed by atoms with E-state index in [1.54, 1.807) is 34.3 Å². The first-order valence-electron chi connectivity index (χ1n) is 10.2. The largest absolute Gasteiger partial charge is 0.366 e. The Balaban J connectivity index is 1.62. The van der Waals surface area contributed by atoms with Crippen LogP contribution >= 0.6 is 11.3 Å². The standard InChI is InChI=1S/C22H23N7OS/c1-28-9-3-7-18-17(13-28)21(24-11-14-5-4-10-31-14)27-22(26-18)29-19-8-2-6-15(20(23)30)16(19)12-25-29/h2,4-6,8,10,12H,3,7,9,11,13H2,1H3,(H2,23,30)(H,24,26,27). The average molecular weight is 434 g/mol. The number of amides is 1. The van der Waals surface area contributed by atoms with Crippen LogP contribution in [0.2, 0.25) is 0 Å². The van der Waals surface area contributed by atoms with Crippen molar-refractivity contribution in [2.75, 3.05) is 18.9 Å². The molecule has 0 saturated heterocycles. The van der Waals surface area contributed by atoms with Gasteiger partial charge in [0, 0.05) is 22.4 Å². The second kappa shape index (κ2) is 8.09. The number of nitrogens with two attached hydrogens (primary N) is 1. The summed E-state index contributed by atoms with van der Waals surface area (Å²) >= 11 is 1.71. The molecule has 3 N–H and O–H groups in total. The van der Waals surface area contributed by atoms with Crippen molar-refractivity contribution in [3.8, 4) is 5.95 Å². The van der Waals surface area contributed by atoms with Crippen LogP contribution in [0.5, 0.6) is 0 Å². The first-order valence-corrected chi connectivity index (χ1v) is 11.1. The summed E-state index contributed by atoms with van der Waals surface area (Å²) in [6.07, 6.45) is 3.57. The van der Waals surface area contributed by atoms with Gasteiger partial charge in [0.25, 0.3) is 5.95 Å². The van der Waals surface area contributed by atoms with E-state index in [4.69, 9.17) is 15.7 Å². The van der Waals surface area contributed by atoms with Crippen LogP contribution in [-0.2, 0) is 19.5 Å². The van der Waals surface area contributed by atoms with Gasteiger partial charge in [0.05, 0.1) is 29.5 Å². The Bertz CT molecular complexity index is 1250. The number of fused-ring (bicyclic) bond motifs is 2. The quantitative estimate of drug-likeness (QED) is 0.502. The molecule has 1 aliphatic rings. The summed E-state index contributed by atoms with van der Waals surface area (Å²) in [7, 11) is 2.12. The van der Waals surface area contributed by atoms with Gasteiger partial charge in [-0.25, -0.2) is 4.98 Å². The second-order valence-electron chi connectivity index (χ2n) is 7.73. The Labute approximate surface area is 183 Å². The van der Waals surface area contributed by atoms with Crippen molar-refractivity contribution in [3.63, 3.8) is 0 Å². The predicted octanol–water partition coefficient (Wildman–Crippen LogP) is 2.97. The molecule has 1 amide bonds. The molecule has 0 bridgehead atoms. The molecule has 5 rings (SSSR count). The maximum absolute atomic E-state index is 11.8. The number of hydrogen-bond acceptors (Lipinski definition) is 7. The molecule has 1 aromatic carbocycles. The van der Waals surface area contributed by atoms with Crippen molar-refractivity contribution < 1.29 is 4.79 Å². The number of carbonyl (C=O) groups excluding carboxylic acids is 1. The number of thiophene rings is 1. The summed E-state index contributed by atoms with van der Waals surface area (Å²) in [5, 5.41) is 10.8. The molecule has 0 aliphatic carbocycles. The molecule has 0 radical (unpaired) electrons. The smallest absolute Gasteiger partial charge is 0.253 e. The van der Waals surface area contributed by atoms with Gasteiger partial charge in [0.1, 0.15) is 5.82 Å². The van der Waals surface area contributed by atoms with Gasteiger partial charge in [-0.3, -0.25) is 4.79 Å². The highest BCUT2D eigenvalue weighted by molar-refractivity contribution is 7.09. The molecular weight excluding hydrogens is 410 g/mol. The molecule has 0 saturated carbocycles. The van der Waals surface area contributed by atoms with Crippen LogP contribution < -0.4 is 11.1 Å². The molecule has 0 atom stereocenters. The van der Waals surface area contributed by atoms with Gasteiger partial charge in [-0.15, -0.1) is 11.3 Å². The maximum Gasteiger partial charge on any atom is 0.253 e. The first-order chi connectivity index (χ1) is 15.1. The Morgan fingerprint density at radius 2 is 2.16 bits per heavy atom. The zero-order chi connectivity index (χ0) is 21.4. The molecule has 9 heteroatoms. The van der Waals surface area contributed by atoms with Crippen molar-refractivity contribution in [2.45, 2.75) is 25.9 Å².